The third kappa shape index (κ3) is 2.68. The number of benzene rings is 1. The number of hydrogen-bond acceptors (Lipinski definition) is 2. The molecule has 2 aromatic rings. The van der Waals surface area contributed by atoms with Crippen molar-refractivity contribution in [1.82, 2.24) is 9.55 Å². The first-order valence-corrected chi connectivity index (χ1v) is 7.12. The summed E-state index contributed by atoms with van der Waals surface area (Å²) in [6.07, 6.45) is 3.46. The van der Waals surface area contributed by atoms with Gasteiger partial charge in [0, 0.05) is 18.4 Å². The zero-order valence-corrected chi connectivity index (χ0v) is 12.2. The average Bonchev–Trinajstić information content (AvgIpc) is 2.84. The second-order valence-electron chi connectivity index (χ2n) is 5.62. The highest BCUT2D eigenvalue weighted by Crippen LogP contribution is 2.24. The van der Waals surface area contributed by atoms with Crippen molar-refractivity contribution in [3.05, 3.63) is 47.3 Å². The average molecular weight is 287 g/mol. The van der Waals surface area contributed by atoms with Crippen molar-refractivity contribution in [2.75, 3.05) is 5.32 Å². The summed E-state index contributed by atoms with van der Waals surface area (Å²) in [5.74, 6) is 0.247. The van der Waals surface area contributed by atoms with Crippen LogP contribution in [-0.4, -0.2) is 15.5 Å². The van der Waals surface area contributed by atoms with Crippen LogP contribution in [0.1, 0.15) is 23.5 Å². The van der Waals surface area contributed by atoms with Crippen LogP contribution in [-0.2, 0) is 17.8 Å². The van der Waals surface area contributed by atoms with E-state index >= 15 is 0 Å². The van der Waals surface area contributed by atoms with Gasteiger partial charge in [-0.3, -0.25) is 4.79 Å². The lowest BCUT2D eigenvalue weighted by molar-refractivity contribution is -0.120. The lowest BCUT2D eigenvalue weighted by atomic mass is 9.97. The van der Waals surface area contributed by atoms with Gasteiger partial charge in [0.2, 0.25) is 5.91 Å². The minimum absolute atomic E-state index is 0.127. The summed E-state index contributed by atoms with van der Waals surface area (Å²) in [4.78, 5) is 16.6. The first kappa shape index (κ1) is 13.8. The van der Waals surface area contributed by atoms with Crippen LogP contribution in [0.2, 0.25) is 0 Å². The van der Waals surface area contributed by atoms with Crippen LogP contribution in [0.5, 0.6) is 0 Å². The zero-order chi connectivity index (χ0) is 15.0. The minimum Gasteiger partial charge on any atom is -0.331 e. The maximum atomic E-state index is 13.7. The molecule has 2 heterocycles. The minimum atomic E-state index is -0.399. The molecule has 1 N–H and O–H groups in total. The number of carbonyl (C=O) groups excluding carboxylic acids is 1. The van der Waals surface area contributed by atoms with Gasteiger partial charge in [-0.05, 0) is 44.4 Å². The standard InChI is InChI=1S/C16H18FN3O/c1-10-3-6-14(17)15(7-10)19-16(21)12-4-5-13-8-18-11(2)20(13)9-12/h3,6-8,12H,4-5,9H2,1-2H3,(H,19,21)/t12-/m0/s1. The number of halogens is 1. The number of anilines is 1. The fourth-order valence-electron chi connectivity index (χ4n) is 2.78. The predicted octanol–water partition coefficient (Wildman–Crippen LogP) is 2.84. The molecule has 4 nitrogen and oxygen atoms in total. The molecule has 0 fully saturated rings. The Labute approximate surface area is 123 Å². The van der Waals surface area contributed by atoms with E-state index in [2.05, 4.69) is 14.9 Å². The molecule has 0 bridgehead atoms. The van der Waals surface area contributed by atoms with Crippen LogP contribution in [0.4, 0.5) is 10.1 Å². The van der Waals surface area contributed by atoms with Crippen LogP contribution in [0.25, 0.3) is 0 Å². The van der Waals surface area contributed by atoms with Gasteiger partial charge in [0.05, 0.1) is 11.6 Å². The third-order valence-electron chi connectivity index (χ3n) is 4.04. The number of aromatic nitrogens is 2. The fourth-order valence-corrected chi connectivity index (χ4v) is 2.78. The molecule has 1 aromatic carbocycles. The van der Waals surface area contributed by atoms with Gasteiger partial charge in [0.25, 0.3) is 0 Å². The van der Waals surface area contributed by atoms with Crippen molar-refractivity contribution < 1.29 is 9.18 Å². The van der Waals surface area contributed by atoms with Crippen molar-refractivity contribution >= 4 is 11.6 Å². The van der Waals surface area contributed by atoms with Crippen molar-refractivity contribution in [3.8, 4) is 0 Å². The molecule has 1 amide bonds. The van der Waals surface area contributed by atoms with Crippen LogP contribution < -0.4 is 5.32 Å². The highest BCUT2D eigenvalue weighted by Gasteiger charge is 2.26. The summed E-state index contributed by atoms with van der Waals surface area (Å²) < 4.78 is 15.8. The highest BCUT2D eigenvalue weighted by molar-refractivity contribution is 5.92. The van der Waals surface area contributed by atoms with E-state index in [1.54, 1.807) is 12.1 Å². The molecule has 21 heavy (non-hydrogen) atoms. The Hall–Kier alpha value is -2.17. The van der Waals surface area contributed by atoms with Gasteiger partial charge >= 0.3 is 0 Å². The van der Waals surface area contributed by atoms with Gasteiger partial charge in [0.1, 0.15) is 11.6 Å². The Bertz CT molecular complexity index is 693. The molecule has 5 heteroatoms. The normalized spacial score (nSPS) is 17.4. The third-order valence-corrected chi connectivity index (χ3v) is 4.04. The molecule has 0 spiro atoms. The van der Waals surface area contributed by atoms with Gasteiger partial charge in [-0.1, -0.05) is 6.07 Å². The molecule has 1 aliphatic rings. The van der Waals surface area contributed by atoms with E-state index in [0.717, 1.165) is 24.2 Å². The number of amides is 1. The summed E-state index contributed by atoms with van der Waals surface area (Å²) >= 11 is 0. The fraction of sp³-hybridized carbons (Fsp3) is 0.375. The molecular formula is C16H18FN3O. The van der Waals surface area contributed by atoms with Crippen molar-refractivity contribution in [2.24, 2.45) is 5.92 Å². The van der Waals surface area contributed by atoms with E-state index in [0.29, 0.717) is 6.54 Å². The van der Waals surface area contributed by atoms with Crippen LogP contribution >= 0.6 is 0 Å². The topological polar surface area (TPSA) is 46.9 Å². The van der Waals surface area contributed by atoms with Crippen LogP contribution in [0.15, 0.2) is 24.4 Å². The maximum absolute atomic E-state index is 13.7. The molecule has 0 radical (unpaired) electrons. The molecule has 1 atom stereocenters. The van der Waals surface area contributed by atoms with Gasteiger partial charge in [0.15, 0.2) is 0 Å². The van der Waals surface area contributed by atoms with Crippen molar-refractivity contribution in [3.63, 3.8) is 0 Å². The van der Waals surface area contributed by atoms with Crippen molar-refractivity contribution in [2.45, 2.75) is 33.2 Å². The summed E-state index contributed by atoms with van der Waals surface area (Å²) in [5, 5.41) is 2.72. The number of aryl methyl sites for hydroxylation is 3. The summed E-state index contributed by atoms with van der Waals surface area (Å²) in [6, 6.07) is 4.72. The largest absolute Gasteiger partial charge is 0.331 e. The van der Waals surface area contributed by atoms with Gasteiger partial charge in [-0.25, -0.2) is 9.37 Å². The van der Waals surface area contributed by atoms with Gasteiger partial charge in [-0.15, -0.1) is 0 Å². The Morgan fingerprint density at radius 3 is 3.05 bits per heavy atom. The Morgan fingerprint density at radius 2 is 2.24 bits per heavy atom. The lowest BCUT2D eigenvalue weighted by Gasteiger charge is -2.24. The van der Waals surface area contributed by atoms with Crippen LogP contribution in [0, 0.1) is 25.6 Å². The molecule has 1 aromatic heterocycles. The summed E-state index contributed by atoms with van der Waals surface area (Å²) in [6.45, 7) is 4.42. The van der Waals surface area contributed by atoms with Crippen LogP contribution in [0.3, 0.4) is 0 Å². The molecule has 0 saturated heterocycles. The van der Waals surface area contributed by atoms with Crippen molar-refractivity contribution in [1.29, 1.82) is 0 Å². The highest BCUT2D eigenvalue weighted by atomic mass is 19.1. The molecule has 0 unspecified atom stereocenters. The van der Waals surface area contributed by atoms with Gasteiger partial charge in [-0.2, -0.15) is 0 Å². The van der Waals surface area contributed by atoms with E-state index in [1.807, 2.05) is 20.0 Å². The second-order valence-corrected chi connectivity index (χ2v) is 5.62. The number of fused-ring (bicyclic) bond motifs is 1. The number of hydrogen-bond donors (Lipinski definition) is 1. The Kier molecular flexibility index (Phi) is 3.49. The number of carbonyl (C=O) groups is 1. The molecular weight excluding hydrogens is 269 g/mol. The lowest BCUT2D eigenvalue weighted by Crippen LogP contribution is -2.31. The van der Waals surface area contributed by atoms with E-state index in [4.69, 9.17) is 0 Å². The monoisotopic (exact) mass is 287 g/mol. The zero-order valence-electron chi connectivity index (χ0n) is 12.2. The Morgan fingerprint density at radius 1 is 1.43 bits per heavy atom. The maximum Gasteiger partial charge on any atom is 0.229 e. The first-order chi connectivity index (χ1) is 10.0. The van der Waals surface area contributed by atoms with E-state index in [9.17, 15) is 9.18 Å². The predicted molar refractivity (Wildman–Crippen MR) is 78.5 cm³/mol. The van der Waals surface area contributed by atoms with E-state index < -0.39 is 5.82 Å². The van der Waals surface area contributed by atoms with Gasteiger partial charge < -0.3 is 9.88 Å². The number of nitrogens with one attached hydrogen (secondary N) is 1. The quantitative estimate of drug-likeness (QED) is 0.923. The van der Waals surface area contributed by atoms with E-state index in [-0.39, 0.29) is 17.5 Å². The smallest absolute Gasteiger partial charge is 0.229 e. The molecule has 110 valence electrons. The number of imidazole rings is 1. The molecule has 0 aliphatic carbocycles. The molecule has 0 saturated carbocycles. The first-order valence-electron chi connectivity index (χ1n) is 7.12. The summed E-state index contributed by atoms with van der Waals surface area (Å²) in [7, 11) is 0. The SMILES string of the molecule is Cc1ccc(F)c(NC(=O)[C@H]2CCc3cnc(C)n3C2)c1. The second kappa shape index (κ2) is 5.31. The number of rotatable bonds is 2. The van der Waals surface area contributed by atoms with E-state index in [1.165, 1.54) is 11.8 Å². The Balaban J connectivity index is 1.75. The molecule has 3 rings (SSSR count). The summed E-state index contributed by atoms with van der Waals surface area (Å²) in [5.41, 5.74) is 2.34. The molecule has 1 aliphatic heterocycles. The number of nitrogens with zero attached hydrogens (tertiary/aromatic N) is 2.